The van der Waals surface area contributed by atoms with Crippen LogP contribution >= 0.6 is 0 Å². The topological polar surface area (TPSA) is 37.3 Å². The number of allylic oxidation sites excluding steroid dienone is 1. The highest BCUT2D eigenvalue weighted by atomic mass is 16.3. The fraction of sp³-hybridized carbons (Fsp3) is 0.850. The average Bonchev–Trinajstić information content (AvgIpc) is 2.81. The summed E-state index contributed by atoms with van der Waals surface area (Å²) >= 11 is 0. The zero-order valence-electron chi connectivity index (χ0n) is 16.8. The summed E-state index contributed by atoms with van der Waals surface area (Å²) in [6, 6.07) is 0. The predicted octanol–water partition coefficient (Wildman–Crippen LogP) is 4.27. The fourth-order valence-corrected chi connectivity index (χ4v) is 6.58. The lowest BCUT2D eigenvalue weighted by Crippen LogP contribution is -2.53. The van der Waals surface area contributed by atoms with E-state index in [1.807, 2.05) is 13.0 Å². The first-order valence-corrected chi connectivity index (χ1v) is 8.99. The van der Waals surface area contributed by atoms with Crippen LogP contribution in [0.25, 0.3) is 0 Å². The van der Waals surface area contributed by atoms with Gasteiger partial charge in [0.15, 0.2) is 5.78 Å². The van der Waals surface area contributed by atoms with Crippen molar-refractivity contribution in [3.05, 3.63) is 11.6 Å². The van der Waals surface area contributed by atoms with Crippen molar-refractivity contribution in [1.82, 2.24) is 0 Å². The summed E-state index contributed by atoms with van der Waals surface area (Å²) in [7, 11) is 0. The number of aliphatic hydroxyl groups is 1. The van der Waals surface area contributed by atoms with Gasteiger partial charge in [0, 0.05) is 10.5 Å². The van der Waals surface area contributed by atoms with Gasteiger partial charge in [-0.25, -0.2) is 0 Å². The normalized spacial score (nSPS) is 56.9. The van der Waals surface area contributed by atoms with Crippen molar-refractivity contribution in [3.8, 4) is 0 Å². The SMILES string of the molecule is [2H]C([2H])([2H])[C@]1(O)CC[C@H]2[C@@H]3CCC4=CC(=O)CC[C@]4(C)[C@H]3CC[C@@]21C. The molecule has 2 heteroatoms. The maximum atomic E-state index is 11.9. The van der Waals surface area contributed by atoms with Crippen LogP contribution in [0.1, 0.15) is 76.2 Å². The molecule has 6 atom stereocenters. The van der Waals surface area contributed by atoms with Crippen molar-refractivity contribution >= 4 is 5.78 Å². The zero-order chi connectivity index (χ0) is 18.3. The fourth-order valence-electron chi connectivity index (χ4n) is 6.58. The van der Waals surface area contributed by atoms with Gasteiger partial charge in [-0.15, -0.1) is 0 Å². The average molecular weight is 305 g/mol. The van der Waals surface area contributed by atoms with E-state index in [1.165, 1.54) is 5.57 Å². The molecule has 3 fully saturated rings. The van der Waals surface area contributed by atoms with E-state index in [0.29, 0.717) is 24.7 Å². The van der Waals surface area contributed by atoms with Crippen LogP contribution in [0.3, 0.4) is 0 Å². The number of carbonyl (C=O) groups excluding carboxylic acids is 1. The van der Waals surface area contributed by atoms with Crippen molar-refractivity contribution in [2.75, 3.05) is 0 Å². The molecule has 0 aliphatic heterocycles. The molecule has 0 heterocycles. The highest BCUT2D eigenvalue weighted by molar-refractivity contribution is 5.91. The molecule has 4 rings (SSSR count). The summed E-state index contributed by atoms with van der Waals surface area (Å²) in [4.78, 5) is 11.9. The Morgan fingerprint density at radius 3 is 2.68 bits per heavy atom. The van der Waals surface area contributed by atoms with Crippen LogP contribution in [-0.4, -0.2) is 16.5 Å². The van der Waals surface area contributed by atoms with Gasteiger partial charge in [-0.2, -0.15) is 0 Å². The van der Waals surface area contributed by atoms with E-state index < -0.39 is 17.9 Å². The van der Waals surface area contributed by atoms with E-state index in [2.05, 4.69) is 6.92 Å². The van der Waals surface area contributed by atoms with Gasteiger partial charge in [0.05, 0.1) is 5.60 Å². The minimum absolute atomic E-state index is 0.0961. The molecule has 1 N–H and O–H groups in total. The monoisotopic (exact) mass is 305 g/mol. The Morgan fingerprint density at radius 2 is 1.91 bits per heavy atom. The third-order valence-corrected chi connectivity index (χ3v) is 8.11. The Kier molecular flexibility index (Phi) is 2.40. The molecule has 0 aromatic rings. The quantitative estimate of drug-likeness (QED) is 0.725. The van der Waals surface area contributed by atoms with Gasteiger partial charge in [-0.05, 0) is 86.5 Å². The Balaban J connectivity index is 1.70. The molecule has 4 aliphatic rings. The van der Waals surface area contributed by atoms with Crippen molar-refractivity contribution in [2.45, 2.75) is 77.7 Å². The maximum Gasteiger partial charge on any atom is 0.155 e. The maximum absolute atomic E-state index is 11.9. The van der Waals surface area contributed by atoms with E-state index in [9.17, 15) is 9.90 Å². The Morgan fingerprint density at radius 1 is 1.14 bits per heavy atom. The molecule has 0 spiro atoms. The number of carbonyl (C=O) groups is 1. The van der Waals surface area contributed by atoms with Crippen molar-refractivity contribution in [1.29, 1.82) is 0 Å². The Bertz CT molecular complexity index is 639. The summed E-state index contributed by atoms with van der Waals surface area (Å²) in [6.07, 6.45) is 8.45. The summed E-state index contributed by atoms with van der Waals surface area (Å²) in [5.74, 6) is 1.56. The first kappa shape index (κ1) is 11.8. The first-order valence-electron chi connectivity index (χ1n) is 10.5. The Labute approximate surface area is 138 Å². The molecular weight excluding hydrogens is 272 g/mol. The number of fused-ring (bicyclic) bond motifs is 5. The molecule has 2 nitrogen and oxygen atoms in total. The van der Waals surface area contributed by atoms with Crippen molar-refractivity contribution in [2.24, 2.45) is 28.6 Å². The number of ketones is 1. The van der Waals surface area contributed by atoms with Crippen LogP contribution in [0.15, 0.2) is 11.6 Å². The molecule has 0 saturated heterocycles. The minimum atomic E-state index is -2.32. The third-order valence-electron chi connectivity index (χ3n) is 8.11. The highest BCUT2D eigenvalue weighted by Gasteiger charge is 2.62. The smallest absolute Gasteiger partial charge is 0.155 e. The Hall–Kier alpha value is -0.630. The van der Waals surface area contributed by atoms with E-state index in [-0.39, 0.29) is 17.1 Å². The second-order valence-electron chi connectivity index (χ2n) is 8.82. The molecule has 0 aromatic heterocycles. The molecule has 0 aromatic carbocycles. The summed E-state index contributed by atoms with van der Waals surface area (Å²) in [5.41, 5.74) is -0.632. The van der Waals surface area contributed by atoms with E-state index >= 15 is 0 Å². The van der Waals surface area contributed by atoms with Crippen LogP contribution in [0, 0.1) is 28.6 Å². The van der Waals surface area contributed by atoms with E-state index in [4.69, 9.17) is 4.11 Å². The standard InChI is InChI=1S/C20H30O2/c1-18-9-6-14(21)12-13(18)4-5-15-16(18)7-10-19(2)17(15)8-11-20(19,3)22/h12,15-17,22H,4-11H2,1-3H3/t15-,16+,17+,18+,19+,20+/m1/s1/i3D3. The molecule has 0 amide bonds. The lowest BCUT2D eigenvalue weighted by molar-refractivity contribution is -0.124. The first-order chi connectivity index (χ1) is 11.5. The minimum Gasteiger partial charge on any atom is -0.390 e. The lowest BCUT2D eigenvalue weighted by Gasteiger charge is -2.58. The van der Waals surface area contributed by atoms with Gasteiger partial charge in [0.2, 0.25) is 0 Å². The van der Waals surface area contributed by atoms with Crippen molar-refractivity contribution in [3.63, 3.8) is 0 Å². The summed E-state index contributed by atoms with van der Waals surface area (Å²) in [6.45, 7) is 2.05. The van der Waals surface area contributed by atoms with Crippen LogP contribution in [0.2, 0.25) is 0 Å². The molecule has 4 aliphatic carbocycles. The molecule has 0 radical (unpaired) electrons. The molecule has 22 heavy (non-hydrogen) atoms. The van der Waals surface area contributed by atoms with Gasteiger partial charge < -0.3 is 5.11 Å². The van der Waals surface area contributed by atoms with Crippen LogP contribution in [0.4, 0.5) is 0 Å². The van der Waals surface area contributed by atoms with Gasteiger partial charge in [-0.1, -0.05) is 19.4 Å². The molecule has 122 valence electrons. The molecule has 0 bridgehead atoms. The highest BCUT2D eigenvalue weighted by Crippen LogP contribution is 2.67. The van der Waals surface area contributed by atoms with Crippen LogP contribution < -0.4 is 0 Å². The van der Waals surface area contributed by atoms with Crippen LogP contribution in [-0.2, 0) is 4.79 Å². The van der Waals surface area contributed by atoms with Crippen LogP contribution in [0.5, 0.6) is 0 Å². The lowest BCUT2D eigenvalue weighted by atomic mass is 9.46. The van der Waals surface area contributed by atoms with E-state index in [1.54, 1.807) is 0 Å². The second-order valence-corrected chi connectivity index (χ2v) is 8.82. The predicted molar refractivity (Wildman–Crippen MR) is 87.3 cm³/mol. The summed E-state index contributed by atoms with van der Waals surface area (Å²) in [5, 5.41) is 11.2. The van der Waals surface area contributed by atoms with Gasteiger partial charge in [0.25, 0.3) is 0 Å². The zero-order valence-corrected chi connectivity index (χ0v) is 13.8. The molecule has 3 saturated carbocycles. The van der Waals surface area contributed by atoms with Gasteiger partial charge in [-0.3, -0.25) is 4.79 Å². The molecule has 0 unspecified atom stereocenters. The van der Waals surface area contributed by atoms with Gasteiger partial charge in [0.1, 0.15) is 0 Å². The largest absolute Gasteiger partial charge is 0.390 e. The number of hydrogen-bond acceptors (Lipinski definition) is 2. The molecular formula is C20H30O2. The summed E-state index contributed by atoms with van der Waals surface area (Å²) < 4.78 is 23.9. The second kappa shape index (κ2) is 4.47. The van der Waals surface area contributed by atoms with Gasteiger partial charge >= 0.3 is 0 Å². The number of rotatable bonds is 0. The van der Waals surface area contributed by atoms with E-state index in [0.717, 1.165) is 38.5 Å². The van der Waals surface area contributed by atoms with Crippen molar-refractivity contribution < 1.29 is 14.0 Å². The third kappa shape index (κ3) is 1.74. The number of hydrogen-bond donors (Lipinski definition) is 1.